The fourth-order valence-electron chi connectivity index (χ4n) is 1.42. The number of aromatic amines is 1. The first-order chi connectivity index (χ1) is 7.26. The Bertz CT molecular complexity index is 516. The maximum Gasteiger partial charge on any atom is 0.0677 e. The van der Waals surface area contributed by atoms with Crippen LogP contribution >= 0.6 is 11.9 Å². The third kappa shape index (κ3) is 1.64. The Kier molecular flexibility index (Phi) is 2.53. The smallest absolute Gasteiger partial charge is 0.0677 e. The highest BCUT2D eigenvalue weighted by Crippen LogP contribution is 2.28. The number of anilines is 1. The Morgan fingerprint density at radius 1 is 1.47 bits per heavy atom. The Balaban J connectivity index is 2.63. The quantitative estimate of drug-likeness (QED) is 0.447. The summed E-state index contributed by atoms with van der Waals surface area (Å²) in [7, 11) is 0. The topological polar surface area (TPSA) is 107 Å². The standard InChI is InChI=1S/C9H11N5S/c10-3-9(15-12)5-1-7(11)6-4-13-14-8(6)2-5/h1-4H,10-12H2,(H,13,14)/b9-3-. The molecular weight excluding hydrogens is 210 g/mol. The monoisotopic (exact) mass is 221 g/mol. The van der Waals surface area contributed by atoms with Crippen molar-refractivity contribution in [3.63, 3.8) is 0 Å². The zero-order valence-corrected chi connectivity index (χ0v) is 8.71. The van der Waals surface area contributed by atoms with Gasteiger partial charge in [-0.15, -0.1) is 0 Å². The molecule has 78 valence electrons. The Labute approximate surface area is 90.8 Å². The largest absolute Gasteiger partial charge is 0.404 e. The molecule has 2 rings (SSSR count). The number of hydrogen-bond donors (Lipinski definition) is 4. The molecule has 0 aliphatic rings. The molecule has 0 saturated carbocycles. The molecule has 0 aliphatic carbocycles. The lowest BCUT2D eigenvalue weighted by Gasteiger charge is -2.04. The second kappa shape index (κ2) is 3.84. The van der Waals surface area contributed by atoms with Gasteiger partial charge in [-0.3, -0.25) is 10.2 Å². The number of nitrogens with one attached hydrogen (secondary N) is 1. The van der Waals surface area contributed by atoms with Crippen LogP contribution in [0.25, 0.3) is 15.8 Å². The van der Waals surface area contributed by atoms with Crippen molar-refractivity contribution in [2.75, 3.05) is 5.73 Å². The highest BCUT2D eigenvalue weighted by atomic mass is 32.2. The lowest BCUT2D eigenvalue weighted by atomic mass is 10.1. The first-order valence-corrected chi connectivity index (χ1v) is 5.16. The van der Waals surface area contributed by atoms with Crippen molar-refractivity contribution >= 4 is 33.4 Å². The number of aromatic nitrogens is 2. The van der Waals surface area contributed by atoms with Gasteiger partial charge in [0.05, 0.1) is 11.7 Å². The normalized spacial score (nSPS) is 12.2. The molecule has 2 aromatic rings. The van der Waals surface area contributed by atoms with Crippen LogP contribution in [-0.2, 0) is 0 Å². The summed E-state index contributed by atoms with van der Waals surface area (Å²) in [5.74, 6) is 0. The molecule has 0 spiro atoms. The fraction of sp³-hybridized carbons (Fsp3) is 0. The van der Waals surface area contributed by atoms with Crippen molar-refractivity contribution in [2.24, 2.45) is 10.9 Å². The van der Waals surface area contributed by atoms with E-state index in [2.05, 4.69) is 10.2 Å². The number of fused-ring (bicyclic) bond motifs is 1. The van der Waals surface area contributed by atoms with Crippen molar-refractivity contribution in [2.45, 2.75) is 0 Å². The molecule has 0 aliphatic heterocycles. The zero-order valence-electron chi connectivity index (χ0n) is 7.90. The summed E-state index contributed by atoms with van der Waals surface area (Å²) in [6.07, 6.45) is 3.15. The van der Waals surface area contributed by atoms with Crippen LogP contribution in [0.2, 0.25) is 0 Å². The molecule has 0 fully saturated rings. The van der Waals surface area contributed by atoms with E-state index in [4.69, 9.17) is 16.6 Å². The zero-order chi connectivity index (χ0) is 10.8. The minimum Gasteiger partial charge on any atom is -0.404 e. The second-order valence-corrected chi connectivity index (χ2v) is 3.72. The molecule has 0 unspecified atom stereocenters. The van der Waals surface area contributed by atoms with Gasteiger partial charge in [0.2, 0.25) is 0 Å². The molecule has 1 aromatic heterocycles. The molecule has 0 amide bonds. The molecule has 0 atom stereocenters. The summed E-state index contributed by atoms with van der Waals surface area (Å²) in [5.41, 5.74) is 13.7. The molecule has 0 bridgehead atoms. The summed E-state index contributed by atoms with van der Waals surface area (Å²) in [4.78, 5) is 0.776. The van der Waals surface area contributed by atoms with E-state index in [1.807, 2.05) is 12.1 Å². The lowest BCUT2D eigenvalue weighted by molar-refractivity contribution is 1.12. The average molecular weight is 221 g/mol. The molecule has 0 saturated heterocycles. The summed E-state index contributed by atoms with van der Waals surface area (Å²) < 4.78 is 0. The van der Waals surface area contributed by atoms with Crippen LogP contribution in [-0.4, -0.2) is 10.2 Å². The fourth-order valence-corrected chi connectivity index (χ4v) is 1.76. The van der Waals surface area contributed by atoms with Crippen molar-refractivity contribution in [1.29, 1.82) is 0 Å². The van der Waals surface area contributed by atoms with Crippen molar-refractivity contribution in [1.82, 2.24) is 10.2 Å². The van der Waals surface area contributed by atoms with Crippen LogP contribution in [0.1, 0.15) is 5.56 Å². The van der Waals surface area contributed by atoms with Gasteiger partial charge in [-0.2, -0.15) is 5.10 Å². The van der Waals surface area contributed by atoms with E-state index >= 15 is 0 Å². The molecule has 15 heavy (non-hydrogen) atoms. The van der Waals surface area contributed by atoms with Gasteiger partial charge in [0.25, 0.3) is 0 Å². The Morgan fingerprint density at radius 2 is 2.27 bits per heavy atom. The van der Waals surface area contributed by atoms with Gasteiger partial charge in [-0.25, -0.2) is 0 Å². The molecule has 7 N–H and O–H groups in total. The van der Waals surface area contributed by atoms with Crippen molar-refractivity contribution < 1.29 is 0 Å². The number of hydrogen-bond acceptors (Lipinski definition) is 5. The molecule has 1 heterocycles. The summed E-state index contributed by atoms with van der Waals surface area (Å²) in [6, 6.07) is 3.74. The van der Waals surface area contributed by atoms with E-state index in [0.717, 1.165) is 33.3 Å². The Hall–Kier alpha value is -1.66. The highest BCUT2D eigenvalue weighted by Gasteiger charge is 2.06. The highest BCUT2D eigenvalue weighted by molar-refractivity contribution is 8.06. The first-order valence-electron chi connectivity index (χ1n) is 4.28. The molecule has 6 heteroatoms. The third-order valence-corrected chi connectivity index (χ3v) is 2.78. The number of benzene rings is 1. The van der Waals surface area contributed by atoms with Crippen LogP contribution in [0, 0.1) is 0 Å². The number of nitrogens with two attached hydrogens (primary N) is 3. The van der Waals surface area contributed by atoms with E-state index in [1.54, 1.807) is 6.20 Å². The van der Waals surface area contributed by atoms with E-state index < -0.39 is 0 Å². The summed E-state index contributed by atoms with van der Waals surface area (Å²) in [6.45, 7) is 0. The summed E-state index contributed by atoms with van der Waals surface area (Å²) >= 11 is 1.09. The van der Waals surface area contributed by atoms with Gasteiger partial charge >= 0.3 is 0 Å². The predicted molar refractivity (Wildman–Crippen MR) is 64.4 cm³/mol. The van der Waals surface area contributed by atoms with E-state index in [9.17, 15) is 0 Å². The SMILES string of the molecule is N/C=C(\SN)c1cc(N)c2cn[nH]c2c1. The molecule has 1 aromatic carbocycles. The van der Waals surface area contributed by atoms with Gasteiger partial charge in [-0.05, 0) is 29.6 Å². The number of H-pyrrole nitrogens is 1. The first kappa shape index (κ1) is 9.88. The number of rotatable bonds is 2. The van der Waals surface area contributed by atoms with E-state index in [-0.39, 0.29) is 0 Å². The average Bonchev–Trinajstić information content (AvgIpc) is 2.68. The minimum atomic E-state index is 0.657. The molecular formula is C9H11N5S. The minimum absolute atomic E-state index is 0.657. The van der Waals surface area contributed by atoms with Crippen LogP contribution in [0.3, 0.4) is 0 Å². The van der Waals surface area contributed by atoms with Crippen molar-refractivity contribution in [3.05, 3.63) is 30.1 Å². The van der Waals surface area contributed by atoms with Crippen LogP contribution in [0.15, 0.2) is 24.5 Å². The van der Waals surface area contributed by atoms with Crippen molar-refractivity contribution in [3.8, 4) is 0 Å². The van der Waals surface area contributed by atoms with Gasteiger partial charge in [0, 0.05) is 22.2 Å². The van der Waals surface area contributed by atoms with Gasteiger partial charge in [0.1, 0.15) is 0 Å². The Morgan fingerprint density at radius 3 is 2.93 bits per heavy atom. The van der Waals surface area contributed by atoms with Crippen LogP contribution in [0.4, 0.5) is 5.69 Å². The maximum atomic E-state index is 5.87. The maximum absolute atomic E-state index is 5.87. The lowest BCUT2D eigenvalue weighted by Crippen LogP contribution is -1.93. The second-order valence-electron chi connectivity index (χ2n) is 3.05. The van der Waals surface area contributed by atoms with Gasteiger partial charge in [0.15, 0.2) is 0 Å². The predicted octanol–water partition coefficient (Wildman–Crippen LogP) is 1.01. The summed E-state index contributed by atoms with van der Waals surface area (Å²) in [5, 5.41) is 13.2. The van der Waals surface area contributed by atoms with E-state index in [0.29, 0.717) is 5.69 Å². The van der Waals surface area contributed by atoms with Gasteiger partial charge < -0.3 is 11.5 Å². The number of nitrogen functional groups attached to an aromatic ring is 1. The van der Waals surface area contributed by atoms with Gasteiger partial charge in [-0.1, -0.05) is 0 Å². The number of nitrogens with zero attached hydrogens (tertiary/aromatic N) is 1. The third-order valence-electron chi connectivity index (χ3n) is 2.15. The van der Waals surface area contributed by atoms with Crippen LogP contribution in [0.5, 0.6) is 0 Å². The van der Waals surface area contributed by atoms with E-state index in [1.165, 1.54) is 6.20 Å². The molecule has 0 radical (unpaired) electrons. The van der Waals surface area contributed by atoms with Crippen LogP contribution < -0.4 is 16.6 Å². The molecule has 5 nitrogen and oxygen atoms in total.